The fourth-order valence-corrected chi connectivity index (χ4v) is 4.23. The van der Waals surface area contributed by atoms with E-state index in [1.807, 2.05) is 0 Å². The second-order valence-corrected chi connectivity index (χ2v) is 7.00. The van der Waals surface area contributed by atoms with Crippen molar-refractivity contribution in [3.8, 4) is 0 Å². The zero-order chi connectivity index (χ0) is 19.1. The van der Waals surface area contributed by atoms with Gasteiger partial charge in [-0.2, -0.15) is 18.3 Å². The van der Waals surface area contributed by atoms with Gasteiger partial charge in [0.1, 0.15) is 10.7 Å². The van der Waals surface area contributed by atoms with Gasteiger partial charge in [0.05, 0.1) is 12.7 Å². The van der Waals surface area contributed by atoms with Crippen LogP contribution in [-0.2, 0) is 30.8 Å². The Labute approximate surface area is 150 Å². The third kappa shape index (κ3) is 3.33. The van der Waals surface area contributed by atoms with E-state index in [2.05, 4.69) is 10.4 Å². The van der Waals surface area contributed by atoms with E-state index in [0.29, 0.717) is 23.1 Å². The van der Waals surface area contributed by atoms with Gasteiger partial charge in [0.25, 0.3) is 5.91 Å². The maximum absolute atomic E-state index is 12.8. The Morgan fingerprint density at radius 2 is 2.00 bits per heavy atom. The number of nitrogens with zero attached hydrogens (tertiary/aromatic N) is 2. The zero-order valence-electron chi connectivity index (χ0n) is 14.1. The number of methoxy groups -OCH3 is 1. The lowest BCUT2D eigenvalue weighted by Crippen LogP contribution is -2.17. The fraction of sp³-hybridized carbons (Fsp3) is 0.438. The summed E-state index contributed by atoms with van der Waals surface area (Å²) >= 11 is 1.26. The van der Waals surface area contributed by atoms with Crippen molar-refractivity contribution in [3.63, 3.8) is 0 Å². The third-order valence-corrected chi connectivity index (χ3v) is 5.40. The Hall–Kier alpha value is -2.36. The molecule has 2 aromatic rings. The van der Waals surface area contributed by atoms with Gasteiger partial charge >= 0.3 is 12.1 Å². The van der Waals surface area contributed by atoms with E-state index in [4.69, 9.17) is 4.74 Å². The minimum atomic E-state index is -4.64. The molecule has 3 rings (SSSR count). The molecule has 10 heteroatoms. The zero-order valence-corrected chi connectivity index (χ0v) is 14.9. The smallest absolute Gasteiger partial charge is 0.435 e. The van der Waals surface area contributed by atoms with Gasteiger partial charge in [-0.25, -0.2) is 4.79 Å². The SMILES string of the molecule is COC(=O)c1c(NC(=O)c2cc(C(F)(F)F)nn2C)sc2c1CCCC2. The summed E-state index contributed by atoms with van der Waals surface area (Å²) in [5, 5.41) is 6.18. The van der Waals surface area contributed by atoms with Gasteiger partial charge in [-0.05, 0) is 31.2 Å². The Kier molecular flexibility index (Phi) is 4.78. The highest BCUT2D eigenvalue weighted by Crippen LogP contribution is 2.39. The van der Waals surface area contributed by atoms with E-state index in [-0.39, 0.29) is 5.69 Å². The molecule has 0 bridgehead atoms. The van der Waals surface area contributed by atoms with E-state index < -0.39 is 23.7 Å². The van der Waals surface area contributed by atoms with Crippen molar-refractivity contribution in [2.75, 3.05) is 12.4 Å². The maximum atomic E-state index is 12.8. The second-order valence-electron chi connectivity index (χ2n) is 5.90. The molecule has 26 heavy (non-hydrogen) atoms. The number of alkyl halides is 3. The van der Waals surface area contributed by atoms with Crippen LogP contribution in [0.4, 0.5) is 18.2 Å². The number of hydrogen-bond acceptors (Lipinski definition) is 5. The highest BCUT2D eigenvalue weighted by molar-refractivity contribution is 7.17. The number of aryl methyl sites for hydroxylation is 2. The molecule has 0 radical (unpaired) electrons. The Balaban J connectivity index is 1.94. The average molecular weight is 387 g/mol. The lowest BCUT2D eigenvalue weighted by atomic mass is 9.95. The lowest BCUT2D eigenvalue weighted by Gasteiger charge is -2.11. The number of carbonyl (C=O) groups excluding carboxylic acids is 2. The van der Waals surface area contributed by atoms with E-state index >= 15 is 0 Å². The first kappa shape index (κ1) is 18.4. The van der Waals surface area contributed by atoms with Gasteiger partial charge in [-0.1, -0.05) is 0 Å². The van der Waals surface area contributed by atoms with Gasteiger partial charge < -0.3 is 10.1 Å². The fourth-order valence-electron chi connectivity index (χ4n) is 2.96. The summed E-state index contributed by atoms with van der Waals surface area (Å²) in [4.78, 5) is 25.6. The molecule has 0 fully saturated rings. The molecule has 0 aliphatic heterocycles. The average Bonchev–Trinajstić information content (AvgIpc) is 3.14. The van der Waals surface area contributed by atoms with Crippen LogP contribution in [0.25, 0.3) is 0 Å². The van der Waals surface area contributed by atoms with Crippen molar-refractivity contribution >= 4 is 28.2 Å². The summed E-state index contributed by atoms with van der Waals surface area (Å²) in [6.45, 7) is 0. The minimum Gasteiger partial charge on any atom is -0.465 e. The summed E-state index contributed by atoms with van der Waals surface area (Å²) in [5.74, 6) is -1.33. The van der Waals surface area contributed by atoms with Crippen LogP contribution in [0.15, 0.2) is 6.07 Å². The molecule has 1 aliphatic carbocycles. The predicted octanol–water partition coefficient (Wildman–Crippen LogP) is 3.42. The van der Waals surface area contributed by atoms with E-state index in [9.17, 15) is 22.8 Å². The number of ether oxygens (including phenoxy) is 1. The summed E-state index contributed by atoms with van der Waals surface area (Å²) in [6.07, 6.45) is -1.23. The molecule has 2 heterocycles. The van der Waals surface area contributed by atoms with E-state index in [1.165, 1.54) is 25.5 Å². The number of amides is 1. The monoisotopic (exact) mass is 387 g/mol. The number of aromatic nitrogens is 2. The first-order chi connectivity index (χ1) is 12.2. The Morgan fingerprint density at radius 1 is 1.31 bits per heavy atom. The van der Waals surface area contributed by atoms with Crippen molar-refractivity contribution in [1.29, 1.82) is 0 Å². The van der Waals surface area contributed by atoms with Crippen molar-refractivity contribution in [3.05, 3.63) is 33.5 Å². The maximum Gasteiger partial charge on any atom is 0.435 e. The van der Waals surface area contributed by atoms with Crippen LogP contribution >= 0.6 is 11.3 Å². The quantitative estimate of drug-likeness (QED) is 0.819. The van der Waals surface area contributed by atoms with Crippen LogP contribution in [0.1, 0.15) is 49.8 Å². The number of rotatable bonds is 3. The number of fused-ring (bicyclic) bond motifs is 1. The number of nitrogens with one attached hydrogen (secondary N) is 1. The van der Waals surface area contributed by atoms with Crippen molar-refractivity contribution in [2.45, 2.75) is 31.9 Å². The highest BCUT2D eigenvalue weighted by Gasteiger charge is 2.36. The summed E-state index contributed by atoms with van der Waals surface area (Å²) in [5.41, 5.74) is -0.258. The van der Waals surface area contributed by atoms with Gasteiger partial charge in [-0.15, -0.1) is 11.3 Å². The van der Waals surface area contributed by atoms with Crippen LogP contribution in [-0.4, -0.2) is 28.8 Å². The van der Waals surface area contributed by atoms with Crippen LogP contribution < -0.4 is 5.32 Å². The van der Waals surface area contributed by atoms with Crippen molar-refractivity contribution in [2.24, 2.45) is 7.05 Å². The molecule has 0 saturated heterocycles. The highest BCUT2D eigenvalue weighted by atomic mass is 32.1. The molecule has 0 atom stereocenters. The van der Waals surface area contributed by atoms with Gasteiger partial charge in [0.15, 0.2) is 5.69 Å². The molecule has 0 unspecified atom stereocenters. The predicted molar refractivity (Wildman–Crippen MR) is 88.5 cm³/mol. The molecule has 1 aliphatic rings. The number of hydrogen-bond donors (Lipinski definition) is 1. The van der Waals surface area contributed by atoms with E-state index in [1.54, 1.807) is 0 Å². The first-order valence-corrected chi connectivity index (χ1v) is 8.69. The van der Waals surface area contributed by atoms with Crippen molar-refractivity contribution in [1.82, 2.24) is 9.78 Å². The molecular formula is C16H16F3N3O3S. The van der Waals surface area contributed by atoms with Crippen LogP contribution in [0, 0.1) is 0 Å². The molecule has 1 amide bonds. The number of anilines is 1. The largest absolute Gasteiger partial charge is 0.465 e. The van der Waals surface area contributed by atoms with Crippen LogP contribution in [0.2, 0.25) is 0 Å². The molecule has 140 valence electrons. The minimum absolute atomic E-state index is 0.250. The van der Waals surface area contributed by atoms with Gasteiger partial charge in [0.2, 0.25) is 0 Å². The molecule has 6 nitrogen and oxygen atoms in total. The number of carbonyl (C=O) groups is 2. The van der Waals surface area contributed by atoms with Gasteiger partial charge in [0, 0.05) is 18.0 Å². The third-order valence-electron chi connectivity index (χ3n) is 4.19. The second kappa shape index (κ2) is 6.75. The lowest BCUT2D eigenvalue weighted by molar-refractivity contribution is -0.141. The van der Waals surface area contributed by atoms with E-state index in [0.717, 1.165) is 34.4 Å². The molecule has 2 aromatic heterocycles. The molecule has 0 saturated carbocycles. The van der Waals surface area contributed by atoms with Crippen LogP contribution in [0.5, 0.6) is 0 Å². The molecule has 0 spiro atoms. The summed E-state index contributed by atoms with van der Waals surface area (Å²) in [6, 6.07) is 0.681. The Bertz CT molecular complexity index is 870. The number of halogens is 3. The molecule has 0 aromatic carbocycles. The summed E-state index contributed by atoms with van der Waals surface area (Å²) < 4.78 is 44.0. The molecular weight excluding hydrogens is 371 g/mol. The van der Waals surface area contributed by atoms with Crippen molar-refractivity contribution < 1.29 is 27.5 Å². The number of esters is 1. The normalized spacial score (nSPS) is 14.0. The Morgan fingerprint density at radius 3 is 2.62 bits per heavy atom. The molecule has 1 N–H and O–H groups in total. The first-order valence-electron chi connectivity index (χ1n) is 7.87. The standard InChI is InChI=1S/C16H16F3N3O3S/c1-22-9(7-11(21-22)16(17,18)19)13(23)20-14-12(15(24)25-2)8-5-3-4-6-10(8)26-14/h7H,3-6H2,1-2H3,(H,20,23). The van der Waals surface area contributed by atoms with Crippen LogP contribution in [0.3, 0.4) is 0 Å². The topological polar surface area (TPSA) is 73.2 Å². The summed E-state index contributed by atoms with van der Waals surface area (Å²) in [7, 11) is 2.50. The van der Waals surface area contributed by atoms with Gasteiger partial charge in [-0.3, -0.25) is 9.48 Å². The number of thiophene rings is 1.